The van der Waals surface area contributed by atoms with Crippen molar-refractivity contribution >= 4 is 33.8 Å². The van der Waals surface area contributed by atoms with E-state index in [1.807, 2.05) is 11.8 Å². The highest BCUT2D eigenvalue weighted by Gasteiger charge is 2.49. The van der Waals surface area contributed by atoms with Gasteiger partial charge in [0.25, 0.3) is 0 Å². The molecule has 1 atom stereocenters. The Morgan fingerprint density at radius 1 is 0.900 bits per heavy atom. The van der Waals surface area contributed by atoms with Crippen molar-refractivity contribution in [3.05, 3.63) is 0 Å². The summed E-state index contributed by atoms with van der Waals surface area (Å²) < 4.78 is 3.11. The van der Waals surface area contributed by atoms with Crippen molar-refractivity contribution in [2.45, 2.75) is 84.0 Å². The van der Waals surface area contributed by atoms with Crippen LogP contribution in [0.1, 0.15) is 41.5 Å². The Morgan fingerprint density at radius 3 is 1.55 bits per heavy atom. The summed E-state index contributed by atoms with van der Waals surface area (Å²) in [4.78, 5) is 4.89. The third-order valence-electron chi connectivity index (χ3n) is 5.82. The highest BCUT2D eigenvalue weighted by molar-refractivity contribution is 8.12. The number of nitrogens with zero attached hydrogens (tertiary/aromatic N) is 2. The van der Waals surface area contributed by atoms with Crippen molar-refractivity contribution in [2.24, 2.45) is 4.99 Å². The largest absolute Gasteiger partial charge is 0.323 e. The van der Waals surface area contributed by atoms with Crippen LogP contribution in [0.2, 0.25) is 36.3 Å². The molecule has 5 heteroatoms. The van der Waals surface area contributed by atoms with Gasteiger partial charge in [-0.3, -0.25) is 4.99 Å². The van der Waals surface area contributed by atoms with E-state index in [0.717, 1.165) is 0 Å². The summed E-state index contributed by atoms with van der Waals surface area (Å²) in [5, 5.41) is 0. The van der Waals surface area contributed by atoms with E-state index in [4.69, 9.17) is 4.99 Å². The molecule has 0 radical (unpaired) electrons. The summed E-state index contributed by atoms with van der Waals surface area (Å²) in [5.74, 6) is 1.20. The first-order chi connectivity index (χ1) is 9.59. The second-order valence-corrected chi connectivity index (χ2v) is 17.4. The van der Waals surface area contributed by atoms with Crippen LogP contribution in [0.5, 0.6) is 0 Å². The van der Waals surface area contributed by atoms with Crippen LogP contribution in [0.25, 0.3) is 0 Å². The molecule has 0 N–H and O–H groups in total. The van der Waals surface area contributed by atoms with E-state index in [9.17, 15) is 0 Å². The summed E-state index contributed by atoms with van der Waals surface area (Å²) in [6.45, 7) is 14.7. The molecule has 0 spiro atoms. The predicted octanol–water partition coefficient (Wildman–Crippen LogP) is 5.40. The van der Waals surface area contributed by atoms with Crippen LogP contribution in [-0.4, -0.2) is 38.2 Å². The lowest BCUT2D eigenvalue weighted by Gasteiger charge is -2.54. The molecule has 0 fully saturated rings. The number of hydrogen-bond donors (Lipinski definition) is 0. The van der Waals surface area contributed by atoms with Gasteiger partial charge in [0.15, 0.2) is 0 Å². The van der Waals surface area contributed by atoms with E-state index in [-0.39, 0.29) is 0 Å². The molecule has 0 aromatic rings. The topological polar surface area (TPSA) is 15.6 Å². The molecule has 0 saturated heterocycles. The van der Waals surface area contributed by atoms with Gasteiger partial charge in [0.05, 0.1) is 5.55 Å². The molecule has 1 heterocycles. The number of rotatable bonds is 9. The van der Waals surface area contributed by atoms with Gasteiger partial charge < -0.3 is 4.23 Å². The highest BCUT2D eigenvalue weighted by Crippen LogP contribution is 2.39. The van der Waals surface area contributed by atoms with Gasteiger partial charge in [0, 0.05) is 5.75 Å². The molecule has 2 nitrogen and oxygen atoms in total. The lowest BCUT2D eigenvalue weighted by Crippen LogP contribution is -2.69. The molecular weight excluding hydrogens is 296 g/mol. The second kappa shape index (κ2) is 8.15. The fourth-order valence-electron chi connectivity index (χ4n) is 4.08. The zero-order valence-electron chi connectivity index (χ0n) is 14.4. The average molecular weight is 331 g/mol. The Bertz CT molecular complexity index is 278. The maximum atomic E-state index is 4.89. The normalized spacial score (nSPS) is 20.1. The summed E-state index contributed by atoms with van der Waals surface area (Å²) in [6, 6.07) is 8.37. The summed E-state index contributed by atoms with van der Waals surface area (Å²) in [6.07, 6.45) is 0.498. The summed E-state index contributed by atoms with van der Waals surface area (Å²) in [7, 11) is -2.68. The highest BCUT2D eigenvalue weighted by atomic mass is 32.2. The Morgan fingerprint density at radius 2 is 1.30 bits per heavy atom. The zero-order chi connectivity index (χ0) is 15.2. The maximum absolute atomic E-state index is 4.89. The van der Waals surface area contributed by atoms with Gasteiger partial charge in [0.1, 0.15) is 22.6 Å². The van der Waals surface area contributed by atoms with E-state index in [1.165, 1.54) is 42.0 Å². The van der Waals surface area contributed by atoms with Gasteiger partial charge >= 0.3 is 0 Å². The number of thioether (sulfide) groups is 1. The van der Waals surface area contributed by atoms with Crippen molar-refractivity contribution in [1.82, 2.24) is 4.23 Å². The maximum Gasteiger partial charge on any atom is 0.122 e. The van der Waals surface area contributed by atoms with Crippen molar-refractivity contribution in [3.63, 3.8) is 0 Å². The molecule has 20 heavy (non-hydrogen) atoms. The van der Waals surface area contributed by atoms with Crippen molar-refractivity contribution in [3.8, 4) is 0 Å². The van der Waals surface area contributed by atoms with Crippen LogP contribution in [0.4, 0.5) is 0 Å². The number of aliphatic imine (C=N–C) groups is 1. The molecule has 0 amide bonds. The van der Waals surface area contributed by atoms with Crippen molar-refractivity contribution < 1.29 is 0 Å². The molecule has 1 aliphatic rings. The quantitative estimate of drug-likeness (QED) is 0.526. The van der Waals surface area contributed by atoms with E-state index >= 15 is 0 Å². The molecule has 0 aliphatic carbocycles. The van der Waals surface area contributed by atoms with Gasteiger partial charge in [-0.1, -0.05) is 41.5 Å². The van der Waals surface area contributed by atoms with Gasteiger partial charge in [-0.25, -0.2) is 0 Å². The minimum Gasteiger partial charge on any atom is -0.323 e. The smallest absolute Gasteiger partial charge is 0.122 e. The standard InChI is InChI=1S/C15H34N2SSi2/c1-7-19(8-2,9-3)17(15-13-18-14-16-15)20(10-4,11-5)12-6/h14-15H,7-13H2,1-6H3. The first kappa shape index (κ1) is 18.5. The molecular formula is C15H34N2SSi2. The fraction of sp³-hybridized carbons (Fsp3) is 0.933. The first-order valence-corrected chi connectivity index (χ1v) is 14.7. The summed E-state index contributed by atoms with van der Waals surface area (Å²) >= 11 is 1.92. The van der Waals surface area contributed by atoms with Crippen LogP contribution in [0.3, 0.4) is 0 Å². The van der Waals surface area contributed by atoms with E-state index in [0.29, 0.717) is 6.17 Å². The first-order valence-electron chi connectivity index (χ1n) is 8.52. The molecule has 1 aliphatic heterocycles. The van der Waals surface area contributed by atoms with Gasteiger partial charge in [0.2, 0.25) is 0 Å². The van der Waals surface area contributed by atoms with Crippen LogP contribution < -0.4 is 0 Å². The average Bonchev–Trinajstić information content (AvgIpc) is 3.02. The molecule has 0 saturated carbocycles. The van der Waals surface area contributed by atoms with Crippen molar-refractivity contribution in [2.75, 3.05) is 5.75 Å². The second-order valence-electron chi connectivity index (χ2n) is 6.01. The monoisotopic (exact) mass is 330 g/mol. The van der Waals surface area contributed by atoms with E-state index < -0.39 is 16.5 Å². The van der Waals surface area contributed by atoms with Crippen LogP contribution in [-0.2, 0) is 0 Å². The van der Waals surface area contributed by atoms with Gasteiger partial charge in [-0.2, -0.15) is 0 Å². The Labute approximate surface area is 133 Å². The van der Waals surface area contributed by atoms with E-state index in [1.54, 1.807) is 0 Å². The van der Waals surface area contributed by atoms with Gasteiger partial charge in [-0.05, 0) is 36.3 Å². The third kappa shape index (κ3) is 3.26. The van der Waals surface area contributed by atoms with Crippen LogP contribution in [0.15, 0.2) is 4.99 Å². The molecule has 1 unspecified atom stereocenters. The van der Waals surface area contributed by atoms with Crippen LogP contribution in [0, 0.1) is 0 Å². The molecule has 0 aromatic heterocycles. The summed E-state index contributed by atoms with van der Waals surface area (Å²) in [5.41, 5.74) is 2.11. The molecule has 118 valence electrons. The lowest BCUT2D eigenvalue weighted by atomic mass is 10.6. The van der Waals surface area contributed by atoms with E-state index in [2.05, 4.69) is 51.3 Å². The number of hydrogen-bond acceptors (Lipinski definition) is 3. The zero-order valence-corrected chi connectivity index (χ0v) is 17.2. The van der Waals surface area contributed by atoms with Gasteiger partial charge in [-0.15, -0.1) is 11.8 Å². The fourth-order valence-corrected chi connectivity index (χ4v) is 18.6. The molecule has 0 bridgehead atoms. The van der Waals surface area contributed by atoms with Crippen LogP contribution >= 0.6 is 11.8 Å². The third-order valence-corrected chi connectivity index (χ3v) is 20.0. The Kier molecular flexibility index (Phi) is 7.53. The minimum absolute atomic E-state index is 0.498. The van der Waals surface area contributed by atoms with Crippen molar-refractivity contribution in [1.29, 1.82) is 0 Å². The Hall–Kier alpha value is 0.414. The minimum atomic E-state index is -1.34. The molecule has 0 aromatic carbocycles. The predicted molar refractivity (Wildman–Crippen MR) is 101 cm³/mol. The molecule has 1 rings (SSSR count). The lowest BCUT2D eigenvalue weighted by molar-refractivity contribution is 0.477. The Balaban J connectivity index is 3.29. The SMILES string of the molecule is CC[Si](CC)(CC)N(C1CSC=N1)[Si](CC)(CC)CC.